The predicted molar refractivity (Wildman–Crippen MR) is 86.0 cm³/mol. The summed E-state index contributed by atoms with van der Waals surface area (Å²) in [5.41, 5.74) is 2.35. The van der Waals surface area contributed by atoms with Crippen LogP contribution in [0.2, 0.25) is 0 Å². The molecule has 6 nitrogen and oxygen atoms in total. The number of rotatable bonds is 2. The molecule has 1 aliphatic heterocycles. The number of nitrogens with zero attached hydrogens (tertiary/aromatic N) is 2. The number of nitrogens with one attached hydrogen (secondary N) is 1. The van der Waals surface area contributed by atoms with Crippen molar-refractivity contribution in [2.75, 3.05) is 5.32 Å². The Balaban J connectivity index is 1.59. The molecular formula is C17H13F2N3O3. The van der Waals surface area contributed by atoms with Gasteiger partial charge in [0, 0.05) is 24.4 Å². The summed E-state index contributed by atoms with van der Waals surface area (Å²) in [5.74, 6) is 0.257. The minimum absolute atomic E-state index is 0.0756. The lowest BCUT2D eigenvalue weighted by Crippen LogP contribution is -2.25. The van der Waals surface area contributed by atoms with E-state index in [0.717, 1.165) is 11.3 Å². The van der Waals surface area contributed by atoms with Gasteiger partial charge in [-0.1, -0.05) is 0 Å². The maximum atomic E-state index is 13.0. The zero-order chi connectivity index (χ0) is 17.8. The summed E-state index contributed by atoms with van der Waals surface area (Å²) in [6.07, 6.45) is -3.69. The maximum absolute atomic E-state index is 13.0. The molecule has 1 aliphatic rings. The molecule has 0 spiro atoms. The Morgan fingerprint density at radius 1 is 1.16 bits per heavy atom. The van der Waals surface area contributed by atoms with Gasteiger partial charge in [0.25, 0.3) is 5.91 Å². The quantitative estimate of drug-likeness (QED) is 0.773. The van der Waals surface area contributed by atoms with E-state index < -0.39 is 6.29 Å². The lowest BCUT2D eigenvalue weighted by Gasteiger charge is -2.06. The maximum Gasteiger partial charge on any atom is 0.586 e. The molecule has 2 heterocycles. The second kappa shape index (κ2) is 5.17. The van der Waals surface area contributed by atoms with Crippen LogP contribution in [0.5, 0.6) is 11.5 Å². The minimum atomic E-state index is -3.69. The van der Waals surface area contributed by atoms with Crippen molar-refractivity contribution < 1.29 is 23.0 Å². The van der Waals surface area contributed by atoms with E-state index in [1.807, 2.05) is 24.6 Å². The highest BCUT2D eigenvalue weighted by Crippen LogP contribution is 2.42. The molecular weight excluding hydrogens is 332 g/mol. The topological polar surface area (TPSA) is 65.4 Å². The standard InChI is InChI=1S/C17H13F2N3O3/c1-9-20-12-7-10(3-5-13(12)22(9)2)16(23)21-11-4-6-14-15(8-11)25-17(18,19)24-14/h3-8H,1-2H3,(H,21,23). The van der Waals surface area contributed by atoms with Crippen LogP contribution in [-0.4, -0.2) is 21.8 Å². The summed E-state index contributed by atoms with van der Waals surface area (Å²) in [5, 5.41) is 2.65. The number of alkyl halides is 2. The average Bonchev–Trinajstić information content (AvgIpc) is 3.01. The van der Waals surface area contributed by atoms with Gasteiger partial charge in [-0.2, -0.15) is 0 Å². The molecule has 2 aromatic carbocycles. The fraction of sp³-hybridized carbons (Fsp3) is 0.176. The van der Waals surface area contributed by atoms with Gasteiger partial charge in [0.15, 0.2) is 11.5 Å². The molecule has 0 bridgehead atoms. The van der Waals surface area contributed by atoms with Crippen LogP contribution in [0, 0.1) is 6.92 Å². The summed E-state index contributed by atoms with van der Waals surface area (Å²) < 4.78 is 36.7. The van der Waals surface area contributed by atoms with Crippen LogP contribution >= 0.6 is 0 Å². The van der Waals surface area contributed by atoms with Crippen molar-refractivity contribution in [2.24, 2.45) is 7.05 Å². The van der Waals surface area contributed by atoms with Gasteiger partial charge in [-0.3, -0.25) is 4.79 Å². The molecule has 0 unspecified atom stereocenters. The Hall–Kier alpha value is -3.16. The molecule has 25 heavy (non-hydrogen) atoms. The minimum Gasteiger partial charge on any atom is -0.395 e. The van der Waals surface area contributed by atoms with Crippen LogP contribution in [-0.2, 0) is 7.05 Å². The van der Waals surface area contributed by atoms with E-state index >= 15 is 0 Å². The highest BCUT2D eigenvalue weighted by atomic mass is 19.3. The Morgan fingerprint density at radius 2 is 1.92 bits per heavy atom. The number of hydrogen-bond acceptors (Lipinski definition) is 4. The smallest absolute Gasteiger partial charge is 0.395 e. The SMILES string of the molecule is Cc1nc2cc(C(=O)Nc3ccc4c(c3)OC(F)(F)O4)ccc2n1C. The van der Waals surface area contributed by atoms with Crippen molar-refractivity contribution in [3.63, 3.8) is 0 Å². The van der Waals surface area contributed by atoms with E-state index in [1.54, 1.807) is 12.1 Å². The van der Waals surface area contributed by atoms with Gasteiger partial charge in [-0.05, 0) is 37.3 Å². The fourth-order valence-electron chi connectivity index (χ4n) is 2.69. The van der Waals surface area contributed by atoms with E-state index in [9.17, 15) is 13.6 Å². The van der Waals surface area contributed by atoms with E-state index in [4.69, 9.17) is 0 Å². The van der Waals surface area contributed by atoms with Gasteiger partial charge in [-0.25, -0.2) is 4.98 Å². The first-order valence-corrected chi connectivity index (χ1v) is 7.47. The van der Waals surface area contributed by atoms with E-state index in [-0.39, 0.29) is 17.4 Å². The summed E-state index contributed by atoms with van der Waals surface area (Å²) in [6.45, 7) is 1.88. The molecule has 1 aromatic heterocycles. The van der Waals surface area contributed by atoms with Crippen molar-refractivity contribution in [3.8, 4) is 11.5 Å². The van der Waals surface area contributed by atoms with Crippen molar-refractivity contribution in [1.29, 1.82) is 0 Å². The van der Waals surface area contributed by atoms with Crippen LogP contribution < -0.4 is 14.8 Å². The number of benzene rings is 2. The third kappa shape index (κ3) is 2.65. The molecule has 0 saturated carbocycles. The first-order chi connectivity index (χ1) is 11.8. The summed E-state index contributed by atoms with van der Waals surface area (Å²) in [7, 11) is 1.90. The van der Waals surface area contributed by atoms with Gasteiger partial charge < -0.3 is 19.4 Å². The average molecular weight is 345 g/mol. The lowest BCUT2D eigenvalue weighted by molar-refractivity contribution is -0.286. The van der Waals surface area contributed by atoms with E-state index in [1.165, 1.54) is 18.2 Å². The molecule has 128 valence electrons. The molecule has 0 atom stereocenters. The van der Waals surface area contributed by atoms with Crippen LogP contribution in [0.3, 0.4) is 0 Å². The van der Waals surface area contributed by atoms with Crippen molar-refractivity contribution in [2.45, 2.75) is 13.2 Å². The Bertz CT molecular complexity index is 1010. The molecule has 4 rings (SSSR count). The lowest BCUT2D eigenvalue weighted by atomic mass is 10.1. The molecule has 1 N–H and O–H groups in total. The first-order valence-electron chi connectivity index (χ1n) is 7.47. The monoisotopic (exact) mass is 345 g/mol. The van der Waals surface area contributed by atoms with Crippen LogP contribution in [0.25, 0.3) is 11.0 Å². The Labute approximate surface area is 141 Å². The van der Waals surface area contributed by atoms with Crippen LogP contribution in [0.4, 0.5) is 14.5 Å². The molecule has 1 amide bonds. The van der Waals surface area contributed by atoms with Crippen LogP contribution in [0.15, 0.2) is 36.4 Å². The zero-order valence-electron chi connectivity index (χ0n) is 13.3. The predicted octanol–water partition coefficient (Wildman–Crippen LogP) is 3.46. The summed E-state index contributed by atoms with van der Waals surface area (Å²) in [6, 6.07) is 9.24. The van der Waals surface area contributed by atoms with Gasteiger partial charge in [-0.15, -0.1) is 8.78 Å². The number of ether oxygens (including phenoxy) is 2. The van der Waals surface area contributed by atoms with E-state index in [2.05, 4.69) is 19.8 Å². The highest BCUT2D eigenvalue weighted by Gasteiger charge is 2.43. The fourth-order valence-corrected chi connectivity index (χ4v) is 2.69. The number of carbonyl (C=O) groups excluding carboxylic acids is 1. The van der Waals surface area contributed by atoms with Gasteiger partial charge in [0.2, 0.25) is 0 Å². The molecule has 3 aromatic rings. The number of imidazole rings is 1. The summed E-state index contributed by atoms with van der Waals surface area (Å²) >= 11 is 0. The second-order valence-electron chi connectivity index (χ2n) is 5.70. The number of hydrogen-bond donors (Lipinski definition) is 1. The largest absolute Gasteiger partial charge is 0.586 e. The molecule has 0 radical (unpaired) electrons. The third-order valence-corrected chi connectivity index (χ3v) is 4.03. The highest BCUT2D eigenvalue weighted by molar-refractivity contribution is 6.06. The van der Waals surface area contributed by atoms with Gasteiger partial charge >= 0.3 is 6.29 Å². The molecule has 8 heteroatoms. The zero-order valence-corrected chi connectivity index (χ0v) is 13.3. The normalized spacial score (nSPS) is 14.7. The number of carbonyl (C=O) groups is 1. The molecule has 0 saturated heterocycles. The summed E-state index contributed by atoms with van der Waals surface area (Å²) in [4.78, 5) is 16.8. The first kappa shape index (κ1) is 15.4. The number of halogens is 2. The van der Waals surface area contributed by atoms with E-state index in [0.29, 0.717) is 16.8 Å². The Morgan fingerprint density at radius 3 is 2.72 bits per heavy atom. The second-order valence-corrected chi connectivity index (χ2v) is 5.70. The number of amides is 1. The van der Waals surface area contributed by atoms with Crippen LogP contribution in [0.1, 0.15) is 16.2 Å². The van der Waals surface area contributed by atoms with Gasteiger partial charge in [0.1, 0.15) is 5.82 Å². The molecule has 0 aliphatic carbocycles. The third-order valence-electron chi connectivity index (χ3n) is 4.03. The molecule has 0 fully saturated rings. The Kier molecular flexibility index (Phi) is 3.18. The number of aromatic nitrogens is 2. The van der Waals surface area contributed by atoms with Crippen molar-refractivity contribution >= 4 is 22.6 Å². The number of fused-ring (bicyclic) bond motifs is 2. The van der Waals surface area contributed by atoms with Gasteiger partial charge in [0.05, 0.1) is 11.0 Å². The van der Waals surface area contributed by atoms with Crippen molar-refractivity contribution in [1.82, 2.24) is 9.55 Å². The number of anilines is 1. The van der Waals surface area contributed by atoms with Crippen molar-refractivity contribution in [3.05, 3.63) is 47.8 Å². The number of aryl methyl sites for hydroxylation is 2.